The van der Waals surface area contributed by atoms with Gasteiger partial charge in [0.15, 0.2) is 0 Å². The maximum Gasteiger partial charge on any atom is 0.263 e. The number of hydrogen-bond acceptors (Lipinski definition) is 4. The van der Waals surface area contributed by atoms with Gasteiger partial charge < -0.3 is 11.1 Å². The zero-order valence-electron chi connectivity index (χ0n) is 10.3. The largest absolute Gasteiger partial charge is 0.383 e. The lowest BCUT2D eigenvalue weighted by atomic mass is 10.00. The predicted molar refractivity (Wildman–Crippen MR) is 70.8 cm³/mol. The fourth-order valence-electron chi connectivity index (χ4n) is 2.61. The summed E-state index contributed by atoms with van der Waals surface area (Å²) in [4.78, 5) is 16.9. The van der Waals surface area contributed by atoms with Crippen LogP contribution in [0.3, 0.4) is 0 Å². The molecule has 3 N–H and O–H groups in total. The molecule has 1 aliphatic rings. The molecule has 94 valence electrons. The topological polar surface area (TPSA) is 72.4 Å². The van der Waals surface area contributed by atoms with Crippen molar-refractivity contribution in [2.24, 2.45) is 0 Å². The Morgan fingerprint density at radius 3 is 3.11 bits per heavy atom. The highest BCUT2D eigenvalue weighted by Gasteiger charge is 2.24. The lowest BCUT2D eigenvalue weighted by Crippen LogP contribution is -2.25. The fraction of sp³-hybridized carbons (Fsp3) is 0.385. The van der Waals surface area contributed by atoms with Gasteiger partial charge in [-0.3, -0.25) is 9.20 Å². The van der Waals surface area contributed by atoms with Gasteiger partial charge in [-0.05, 0) is 31.5 Å². The van der Waals surface area contributed by atoms with Gasteiger partial charge in [-0.1, -0.05) is 6.07 Å². The molecule has 18 heavy (non-hydrogen) atoms. The van der Waals surface area contributed by atoms with Crippen LogP contribution in [0.15, 0.2) is 23.1 Å². The maximum atomic E-state index is 12.5. The molecular weight excluding hydrogens is 228 g/mol. The highest BCUT2D eigenvalue weighted by Crippen LogP contribution is 2.23. The number of nitrogens with two attached hydrogens (primary N) is 1. The van der Waals surface area contributed by atoms with E-state index >= 15 is 0 Å². The highest BCUT2D eigenvalue weighted by atomic mass is 16.1. The van der Waals surface area contributed by atoms with Crippen molar-refractivity contribution in [3.63, 3.8) is 0 Å². The van der Waals surface area contributed by atoms with E-state index in [0.29, 0.717) is 17.0 Å². The van der Waals surface area contributed by atoms with Crippen LogP contribution in [0.4, 0.5) is 5.82 Å². The number of nitrogens with zero attached hydrogens (tertiary/aromatic N) is 2. The number of rotatable bonds is 1. The second-order valence-electron chi connectivity index (χ2n) is 4.79. The van der Waals surface area contributed by atoms with Crippen LogP contribution >= 0.6 is 0 Å². The van der Waals surface area contributed by atoms with Gasteiger partial charge in [0, 0.05) is 18.7 Å². The first-order chi connectivity index (χ1) is 8.68. The number of nitrogen functional groups attached to an aromatic ring is 1. The molecule has 0 spiro atoms. The van der Waals surface area contributed by atoms with Crippen molar-refractivity contribution in [1.29, 1.82) is 0 Å². The van der Waals surface area contributed by atoms with Crippen molar-refractivity contribution in [3.8, 4) is 0 Å². The molecule has 0 aromatic carbocycles. The molecule has 2 aromatic heterocycles. The molecule has 3 heterocycles. The summed E-state index contributed by atoms with van der Waals surface area (Å²) in [6.45, 7) is 3.66. The molecule has 1 aliphatic heterocycles. The van der Waals surface area contributed by atoms with Crippen molar-refractivity contribution in [2.75, 3.05) is 18.8 Å². The lowest BCUT2D eigenvalue weighted by molar-refractivity contribution is 0.743. The van der Waals surface area contributed by atoms with Crippen molar-refractivity contribution >= 4 is 11.5 Å². The molecule has 0 aliphatic carbocycles. The van der Waals surface area contributed by atoms with Crippen LogP contribution in [0, 0.1) is 6.92 Å². The average molecular weight is 244 g/mol. The van der Waals surface area contributed by atoms with Crippen LogP contribution in [0.2, 0.25) is 0 Å². The van der Waals surface area contributed by atoms with E-state index in [4.69, 9.17) is 5.73 Å². The summed E-state index contributed by atoms with van der Waals surface area (Å²) in [6, 6.07) is 3.79. The number of pyridine rings is 1. The van der Waals surface area contributed by atoms with E-state index < -0.39 is 0 Å². The van der Waals surface area contributed by atoms with Gasteiger partial charge in [0.05, 0.1) is 5.56 Å². The molecule has 5 heteroatoms. The minimum absolute atomic E-state index is 0.0325. The SMILES string of the molecule is Cc1cccn2c(=O)c(C3CCNC3)c(N)nc12. The summed E-state index contributed by atoms with van der Waals surface area (Å²) in [6.07, 6.45) is 2.70. The molecule has 0 radical (unpaired) electrons. The molecule has 0 saturated carbocycles. The number of fused-ring (bicyclic) bond motifs is 1. The Balaban J connectivity index is 2.30. The first kappa shape index (κ1) is 11.2. The molecular formula is C13H16N4O. The number of aryl methyl sites for hydroxylation is 1. The second-order valence-corrected chi connectivity index (χ2v) is 4.79. The predicted octanol–water partition coefficient (Wildman–Crippen LogP) is 0.662. The molecule has 0 bridgehead atoms. The number of nitrogens with one attached hydrogen (secondary N) is 1. The van der Waals surface area contributed by atoms with E-state index in [1.807, 2.05) is 19.1 Å². The van der Waals surface area contributed by atoms with Gasteiger partial charge >= 0.3 is 0 Å². The minimum atomic E-state index is -0.0325. The van der Waals surface area contributed by atoms with Crippen molar-refractivity contribution < 1.29 is 0 Å². The molecule has 1 fully saturated rings. The Kier molecular flexibility index (Phi) is 2.56. The summed E-state index contributed by atoms with van der Waals surface area (Å²) < 4.78 is 1.60. The van der Waals surface area contributed by atoms with Gasteiger partial charge in [-0.25, -0.2) is 4.98 Å². The quantitative estimate of drug-likeness (QED) is 0.773. The van der Waals surface area contributed by atoms with E-state index in [9.17, 15) is 4.79 Å². The Morgan fingerprint density at radius 1 is 1.56 bits per heavy atom. The number of anilines is 1. The van der Waals surface area contributed by atoms with E-state index in [0.717, 1.165) is 25.1 Å². The van der Waals surface area contributed by atoms with E-state index in [1.165, 1.54) is 0 Å². The first-order valence-corrected chi connectivity index (χ1v) is 6.16. The van der Waals surface area contributed by atoms with Gasteiger partial charge in [-0.15, -0.1) is 0 Å². The summed E-state index contributed by atoms with van der Waals surface area (Å²) >= 11 is 0. The van der Waals surface area contributed by atoms with Crippen LogP contribution in [0.25, 0.3) is 5.65 Å². The summed E-state index contributed by atoms with van der Waals surface area (Å²) in [7, 11) is 0. The fourth-order valence-corrected chi connectivity index (χ4v) is 2.61. The molecule has 1 unspecified atom stereocenters. The van der Waals surface area contributed by atoms with Gasteiger partial charge in [0.1, 0.15) is 11.5 Å². The Bertz CT molecular complexity index is 656. The smallest absolute Gasteiger partial charge is 0.263 e. The van der Waals surface area contributed by atoms with Crippen molar-refractivity contribution in [2.45, 2.75) is 19.3 Å². The average Bonchev–Trinajstić information content (AvgIpc) is 2.84. The van der Waals surface area contributed by atoms with E-state index in [1.54, 1.807) is 10.6 Å². The van der Waals surface area contributed by atoms with Crippen LogP contribution in [-0.4, -0.2) is 22.5 Å². The maximum absolute atomic E-state index is 12.5. The standard InChI is InChI=1S/C13H16N4O/c1-8-3-2-6-17-12(8)16-11(14)10(13(17)18)9-4-5-15-7-9/h2-3,6,9,15H,4-5,7,14H2,1H3. The third-order valence-electron chi connectivity index (χ3n) is 3.58. The van der Waals surface area contributed by atoms with Crippen molar-refractivity contribution in [1.82, 2.24) is 14.7 Å². The number of hydrogen-bond donors (Lipinski definition) is 2. The van der Waals surface area contributed by atoms with E-state index in [2.05, 4.69) is 10.3 Å². The summed E-state index contributed by atoms with van der Waals surface area (Å²) in [5.41, 5.74) is 8.21. The highest BCUT2D eigenvalue weighted by molar-refractivity contribution is 5.54. The summed E-state index contributed by atoms with van der Waals surface area (Å²) in [5.74, 6) is 0.561. The lowest BCUT2D eigenvalue weighted by Gasteiger charge is -2.13. The molecule has 5 nitrogen and oxygen atoms in total. The molecule has 0 amide bonds. The Hall–Kier alpha value is -1.88. The van der Waals surface area contributed by atoms with Gasteiger partial charge in [0.25, 0.3) is 5.56 Å². The zero-order chi connectivity index (χ0) is 12.7. The van der Waals surface area contributed by atoms with Crippen LogP contribution < -0.4 is 16.6 Å². The summed E-state index contributed by atoms with van der Waals surface area (Å²) in [5, 5.41) is 3.25. The minimum Gasteiger partial charge on any atom is -0.383 e. The van der Waals surface area contributed by atoms with Crippen LogP contribution in [0.1, 0.15) is 23.5 Å². The third-order valence-corrected chi connectivity index (χ3v) is 3.58. The van der Waals surface area contributed by atoms with Gasteiger partial charge in [-0.2, -0.15) is 0 Å². The monoisotopic (exact) mass is 244 g/mol. The van der Waals surface area contributed by atoms with Gasteiger partial charge in [0.2, 0.25) is 0 Å². The second kappa shape index (κ2) is 4.10. The third kappa shape index (κ3) is 1.59. The Labute approximate surface area is 105 Å². The molecule has 2 aromatic rings. The molecule has 1 saturated heterocycles. The number of aromatic nitrogens is 2. The zero-order valence-corrected chi connectivity index (χ0v) is 10.3. The Morgan fingerprint density at radius 2 is 2.39 bits per heavy atom. The van der Waals surface area contributed by atoms with Crippen molar-refractivity contribution in [3.05, 3.63) is 39.8 Å². The van der Waals surface area contributed by atoms with E-state index in [-0.39, 0.29) is 11.5 Å². The molecule has 1 atom stereocenters. The normalized spacial score (nSPS) is 19.5. The van der Waals surface area contributed by atoms with Crippen LogP contribution in [0.5, 0.6) is 0 Å². The first-order valence-electron chi connectivity index (χ1n) is 6.16. The molecule has 3 rings (SSSR count). The van der Waals surface area contributed by atoms with Crippen LogP contribution in [-0.2, 0) is 0 Å².